The maximum Gasteiger partial charge on any atom is 0.332 e. The zero-order valence-electron chi connectivity index (χ0n) is 15.0. The Kier molecular flexibility index (Phi) is 5.08. The van der Waals surface area contributed by atoms with Crippen LogP contribution in [-0.4, -0.2) is 37.7 Å². The third kappa shape index (κ3) is 3.60. The van der Waals surface area contributed by atoms with Gasteiger partial charge in [-0.1, -0.05) is 0 Å². The van der Waals surface area contributed by atoms with Crippen LogP contribution in [0.1, 0.15) is 0 Å². The summed E-state index contributed by atoms with van der Waals surface area (Å²) >= 11 is 0. The summed E-state index contributed by atoms with van der Waals surface area (Å²) in [5.74, 6) is 0.323. The number of ether oxygens (including phenoxy) is 1. The van der Waals surface area contributed by atoms with Crippen molar-refractivity contribution >= 4 is 22.8 Å². The summed E-state index contributed by atoms with van der Waals surface area (Å²) in [4.78, 5) is 40.8. The van der Waals surface area contributed by atoms with Crippen molar-refractivity contribution in [1.82, 2.24) is 18.7 Å². The molecule has 0 bridgehead atoms. The topological polar surface area (TPSA) is 126 Å². The van der Waals surface area contributed by atoms with Gasteiger partial charge in [-0.15, -0.1) is 0 Å². The van der Waals surface area contributed by atoms with E-state index < -0.39 is 11.2 Å². The van der Waals surface area contributed by atoms with E-state index in [1.165, 1.54) is 29.6 Å². The molecule has 3 rings (SSSR count). The quantitative estimate of drug-likeness (QED) is 0.596. The minimum absolute atomic E-state index is 0.116. The van der Waals surface area contributed by atoms with Crippen molar-refractivity contribution < 1.29 is 9.53 Å². The number of imidazole rings is 1. The molecule has 2 heterocycles. The fourth-order valence-electron chi connectivity index (χ4n) is 2.68. The average molecular weight is 372 g/mol. The molecule has 10 nitrogen and oxygen atoms in total. The number of hydrogen-bond acceptors (Lipinski definition) is 6. The van der Waals surface area contributed by atoms with Crippen molar-refractivity contribution in [2.24, 2.45) is 19.8 Å². The number of carbonyl (C=O) groups is 1. The summed E-state index contributed by atoms with van der Waals surface area (Å²) in [5.41, 5.74) is 5.42. The molecule has 0 fully saturated rings. The van der Waals surface area contributed by atoms with Crippen LogP contribution in [0.4, 0.5) is 5.69 Å². The molecule has 0 aliphatic carbocycles. The van der Waals surface area contributed by atoms with E-state index in [-0.39, 0.29) is 23.6 Å². The van der Waals surface area contributed by atoms with E-state index in [1.54, 1.807) is 24.3 Å². The number of fused-ring (bicyclic) bond motifs is 1. The third-order valence-electron chi connectivity index (χ3n) is 4.06. The van der Waals surface area contributed by atoms with E-state index in [1.807, 2.05) is 0 Å². The van der Waals surface area contributed by atoms with Crippen LogP contribution in [0, 0.1) is 0 Å². The lowest BCUT2D eigenvalue weighted by Gasteiger charge is -2.09. The number of nitrogens with two attached hydrogens (primary N) is 1. The lowest BCUT2D eigenvalue weighted by molar-refractivity contribution is -0.116. The second-order valence-corrected chi connectivity index (χ2v) is 5.96. The highest BCUT2D eigenvalue weighted by Crippen LogP contribution is 2.15. The summed E-state index contributed by atoms with van der Waals surface area (Å²) in [6.07, 6.45) is 1.37. The van der Waals surface area contributed by atoms with Crippen LogP contribution in [0.2, 0.25) is 0 Å². The summed E-state index contributed by atoms with van der Waals surface area (Å²) in [6.45, 7) is 0.717. The van der Waals surface area contributed by atoms with Crippen molar-refractivity contribution in [2.75, 3.05) is 18.5 Å². The first-order chi connectivity index (χ1) is 12.9. The Morgan fingerprint density at radius 2 is 1.89 bits per heavy atom. The lowest BCUT2D eigenvalue weighted by Crippen LogP contribution is -2.37. The monoisotopic (exact) mass is 372 g/mol. The molecule has 0 saturated carbocycles. The number of nitrogens with one attached hydrogen (secondary N) is 1. The van der Waals surface area contributed by atoms with Crippen molar-refractivity contribution in [3.63, 3.8) is 0 Å². The number of anilines is 1. The van der Waals surface area contributed by atoms with Gasteiger partial charge in [0.05, 0.1) is 6.33 Å². The fraction of sp³-hybridized carbons (Fsp3) is 0.294. The van der Waals surface area contributed by atoms with Crippen LogP contribution in [0.5, 0.6) is 5.75 Å². The molecule has 0 radical (unpaired) electrons. The van der Waals surface area contributed by atoms with E-state index >= 15 is 0 Å². The van der Waals surface area contributed by atoms with Gasteiger partial charge < -0.3 is 20.4 Å². The van der Waals surface area contributed by atoms with Crippen LogP contribution in [0.25, 0.3) is 11.2 Å². The van der Waals surface area contributed by atoms with Crippen LogP contribution in [0.15, 0.2) is 40.2 Å². The Morgan fingerprint density at radius 3 is 2.56 bits per heavy atom. The van der Waals surface area contributed by atoms with Crippen molar-refractivity contribution in [3.8, 4) is 5.75 Å². The number of aromatic nitrogens is 4. The first-order valence-electron chi connectivity index (χ1n) is 8.26. The molecule has 3 aromatic rings. The Balaban J connectivity index is 1.79. The molecule has 0 aliphatic rings. The van der Waals surface area contributed by atoms with Crippen molar-refractivity contribution in [3.05, 3.63) is 51.4 Å². The molecule has 3 N–H and O–H groups in total. The average Bonchev–Trinajstić information content (AvgIpc) is 3.07. The molecule has 0 unspecified atom stereocenters. The van der Waals surface area contributed by atoms with E-state index in [0.29, 0.717) is 24.6 Å². The standard InChI is InChI=1S/C17H20N6O4/c1-21-15-14(16(25)22(2)17(21)26)23(10-19-15)9-13(24)20-11-3-5-12(6-4-11)27-8-7-18/h3-6,10H,7-9,18H2,1-2H3,(H,20,24). The van der Waals surface area contributed by atoms with Gasteiger partial charge in [0, 0.05) is 26.3 Å². The summed E-state index contributed by atoms with van der Waals surface area (Å²) in [5, 5.41) is 2.74. The number of aryl methyl sites for hydroxylation is 1. The highest BCUT2D eigenvalue weighted by molar-refractivity contribution is 5.91. The Morgan fingerprint density at radius 1 is 1.19 bits per heavy atom. The predicted molar refractivity (Wildman–Crippen MR) is 99.8 cm³/mol. The summed E-state index contributed by atoms with van der Waals surface area (Å²) in [7, 11) is 2.91. The van der Waals surface area contributed by atoms with E-state index in [9.17, 15) is 14.4 Å². The molecule has 27 heavy (non-hydrogen) atoms. The number of hydrogen-bond donors (Lipinski definition) is 2. The molecule has 0 spiro atoms. The first kappa shape index (κ1) is 18.4. The highest BCUT2D eigenvalue weighted by atomic mass is 16.5. The van der Waals surface area contributed by atoms with Crippen LogP contribution in [-0.2, 0) is 25.4 Å². The van der Waals surface area contributed by atoms with Crippen molar-refractivity contribution in [1.29, 1.82) is 0 Å². The minimum Gasteiger partial charge on any atom is -0.492 e. The van der Waals surface area contributed by atoms with Gasteiger partial charge in [-0.25, -0.2) is 9.78 Å². The molecule has 0 aliphatic heterocycles. The zero-order chi connectivity index (χ0) is 19.6. The van der Waals surface area contributed by atoms with E-state index in [4.69, 9.17) is 10.5 Å². The maximum absolute atomic E-state index is 12.4. The molecule has 1 aromatic carbocycles. The van der Waals surface area contributed by atoms with Gasteiger partial charge in [0.1, 0.15) is 18.9 Å². The van der Waals surface area contributed by atoms with Crippen LogP contribution in [0.3, 0.4) is 0 Å². The fourth-order valence-corrected chi connectivity index (χ4v) is 2.68. The number of carbonyl (C=O) groups excluding carboxylic acids is 1. The van der Waals surface area contributed by atoms with Gasteiger partial charge in [0.2, 0.25) is 5.91 Å². The van der Waals surface area contributed by atoms with Gasteiger partial charge in [0.15, 0.2) is 11.2 Å². The number of amides is 1. The molecule has 1 amide bonds. The van der Waals surface area contributed by atoms with Crippen LogP contribution >= 0.6 is 0 Å². The number of benzene rings is 1. The van der Waals surface area contributed by atoms with Crippen molar-refractivity contribution in [2.45, 2.75) is 6.54 Å². The number of rotatable bonds is 6. The Bertz CT molecular complexity index is 1090. The zero-order valence-corrected chi connectivity index (χ0v) is 15.0. The summed E-state index contributed by atoms with van der Waals surface area (Å²) < 4.78 is 9.05. The molecular weight excluding hydrogens is 352 g/mol. The minimum atomic E-state index is -0.500. The Hall–Kier alpha value is -3.40. The second kappa shape index (κ2) is 7.46. The van der Waals surface area contributed by atoms with Gasteiger partial charge in [-0.3, -0.25) is 18.7 Å². The second-order valence-electron chi connectivity index (χ2n) is 5.96. The molecular formula is C17H20N6O4. The predicted octanol–water partition coefficient (Wildman–Crippen LogP) is -0.590. The molecule has 10 heteroatoms. The van der Waals surface area contributed by atoms with Crippen LogP contribution < -0.4 is 27.0 Å². The lowest BCUT2D eigenvalue weighted by atomic mass is 10.3. The van der Waals surface area contributed by atoms with Gasteiger partial charge in [-0.05, 0) is 24.3 Å². The Labute approximate surface area is 153 Å². The third-order valence-corrected chi connectivity index (χ3v) is 4.06. The normalized spacial score (nSPS) is 10.9. The number of nitrogens with zero attached hydrogens (tertiary/aromatic N) is 4. The smallest absolute Gasteiger partial charge is 0.332 e. The molecule has 2 aromatic heterocycles. The largest absolute Gasteiger partial charge is 0.492 e. The van der Waals surface area contributed by atoms with E-state index in [2.05, 4.69) is 10.3 Å². The molecule has 0 atom stereocenters. The van der Waals surface area contributed by atoms with E-state index in [0.717, 1.165) is 4.57 Å². The SMILES string of the molecule is Cn1c(=O)c2c(ncn2CC(=O)Nc2ccc(OCCN)cc2)n(C)c1=O. The molecule has 142 valence electrons. The first-order valence-corrected chi connectivity index (χ1v) is 8.26. The highest BCUT2D eigenvalue weighted by Gasteiger charge is 2.16. The molecule has 0 saturated heterocycles. The summed E-state index contributed by atoms with van der Waals surface area (Å²) in [6, 6.07) is 6.86. The van der Waals surface area contributed by atoms with Gasteiger partial charge in [0.25, 0.3) is 5.56 Å². The van der Waals surface area contributed by atoms with Gasteiger partial charge in [-0.2, -0.15) is 0 Å². The van der Waals surface area contributed by atoms with Gasteiger partial charge >= 0.3 is 5.69 Å². The maximum atomic E-state index is 12.4.